The number of nitrogens with zero attached hydrogens (tertiary/aromatic N) is 3. The second-order valence-corrected chi connectivity index (χ2v) is 7.19. The van der Waals surface area contributed by atoms with Crippen LogP contribution >= 0.6 is 0 Å². The summed E-state index contributed by atoms with van der Waals surface area (Å²) in [6, 6.07) is 14.7. The largest absolute Gasteiger partial charge is 0.337 e. The molecule has 7 nitrogen and oxygen atoms in total. The number of amides is 3. The zero-order valence-corrected chi connectivity index (χ0v) is 15.9. The third-order valence-corrected chi connectivity index (χ3v) is 4.98. The van der Waals surface area contributed by atoms with Crippen LogP contribution in [0.4, 0.5) is 4.79 Å². The Hall–Kier alpha value is -3.48. The van der Waals surface area contributed by atoms with Crippen molar-refractivity contribution in [1.29, 1.82) is 0 Å². The number of nitrogens with one attached hydrogen (secondary N) is 1. The van der Waals surface area contributed by atoms with E-state index in [2.05, 4.69) is 15.5 Å². The number of rotatable bonds is 4. The Morgan fingerprint density at radius 3 is 2.25 bits per heavy atom. The topological polar surface area (TPSA) is 88.3 Å². The van der Waals surface area contributed by atoms with Crippen LogP contribution in [0.5, 0.6) is 0 Å². The van der Waals surface area contributed by atoms with Crippen LogP contribution in [0.25, 0.3) is 11.4 Å². The molecule has 0 saturated carbocycles. The van der Waals surface area contributed by atoms with Crippen molar-refractivity contribution in [1.82, 2.24) is 20.4 Å². The molecule has 4 rings (SSSR count). The highest BCUT2D eigenvalue weighted by molar-refractivity contribution is 6.07. The minimum Gasteiger partial charge on any atom is -0.337 e. The maximum Gasteiger partial charge on any atom is 0.325 e. The molecule has 1 saturated heterocycles. The molecule has 7 heteroatoms. The number of imide groups is 1. The number of aromatic nitrogens is 2. The summed E-state index contributed by atoms with van der Waals surface area (Å²) in [6.45, 7) is 5.58. The molecule has 1 N–H and O–H groups in total. The van der Waals surface area contributed by atoms with E-state index < -0.39 is 11.6 Å². The molecule has 0 bridgehead atoms. The van der Waals surface area contributed by atoms with Gasteiger partial charge in [0.2, 0.25) is 11.7 Å². The van der Waals surface area contributed by atoms with E-state index in [0.717, 1.165) is 27.2 Å². The van der Waals surface area contributed by atoms with E-state index in [0.29, 0.717) is 5.82 Å². The summed E-state index contributed by atoms with van der Waals surface area (Å²) >= 11 is 0. The molecule has 2 aromatic carbocycles. The Balaban J connectivity index is 1.55. The van der Waals surface area contributed by atoms with Crippen molar-refractivity contribution in [3.05, 3.63) is 71.1 Å². The predicted octanol–water partition coefficient (Wildman–Crippen LogP) is 3.32. The maximum atomic E-state index is 13.0. The Kier molecular flexibility index (Phi) is 4.22. The number of hydrogen-bond donors (Lipinski definition) is 1. The molecule has 28 heavy (non-hydrogen) atoms. The average Bonchev–Trinajstić information content (AvgIpc) is 3.22. The maximum absolute atomic E-state index is 13.0. The van der Waals surface area contributed by atoms with Crippen molar-refractivity contribution < 1.29 is 14.1 Å². The monoisotopic (exact) mass is 376 g/mol. The standard InChI is InChI=1S/C21H20N4O3/c1-13-4-8-15(9-5-13)18-22-17(28-24-18)12-25-19(26)21(3,23-20(25)27)16-10-6-14(2)7-11-16/h4-11H,12H2,1-3H3,(H,23,27)/t21-/m0/s1. The molecular formula is C21H20N4O3. The molecule has 1 aliphatic heterocycles. The molecule has 1 aliphatic rings. The van der Waals surface area contributed by atoms with E-state index in [1.54, 1.807) is 6.92 Å². The molecular weight excluding hydrogens is 356 g/mol. The van der Waals surface area contributed by atoms with Gasteiger partial charge in [-0.3, -0.25) is 9.69 Å². The minimum atomic E-state index is -1.12. The van der Waals surface area contributed by atoms with E-state index in [9.17, 15) is 9.59 Å². The fourth-order valence-electron chi connectivity index (χ4n) is 3.20. The quantitative estimate of drug-likeness (QED) is 0.706. The van der Waals surface area contributed by atoms with Crippen molar-refractivity contribution in [2.45, 2.75) is 32.9 Å². The molecule has 142 valence electrons. The minimum absolute atomic E-state index is 0.0784. The molecule has 0 unspecified atom stereocenters. The predicted molar refractivity (Wildman–Crippen MR) is 102 cm³/mol. The Morgan fingerprint density at radius 2 is 1.61 bits per heavy atom. The lowest BCUT2D eigenvalue weighted by Gasteiger charge is -2.22. The Bertz CT molecular complexity index is 1040. The van der Waals surface area contributed by atoms with Gasteiger partial charge in [0.1, 0.15) is 12.1 Å². The highest BCUT2D eigenvalue weighted by atomic mass is 16.5. The third kappa shape index (κ3) is 3.05. The smallest absolute Gasteiger partial charge is 0.325 e. The van der Waals surface area contributed by atoms with Gasteiger partial charge < -0.3 is 9.84 Å². The van der Waals surface area contributed by atoms with Crippen molar-refractivity contribution in [3.63, 3.8) is 0 Å². The summed E-state index contributed by atoms with van der Waals surface area (Å²) in [5, 5.41) is 6.74. The highest BCUT2D eigenvalue weighted by Crippen LogP contribution is 2.30. The van der Waals surface area contributed by atoms with E-state index in [1.807, 2.05) is 62.4 Å². The molecule has 0 aliphatic carbocycles. The molecule has 2 heterocycles. The summed E-state index contributed by atoms with van der Waals surface area (Å²) in [5.41, 5.74) is 2.62. The van der Waals surface area contributed by atoms with Crippen LogP contribution in [0, 0.1) is 13.8 Å². The molecule has 1 fully saturated rings. The van der Waals surface area contributed by atoms with Crippen LogP contribution in [0.15, 0.2) is 53.1 Å². The van der Waals surface area contributed by atoms with Gasteiger partial charge in [-0.2, -0.15) is 4.98 Å². The summed E-state index contributed by atoms with van der Waals surface area (Å²) < 4.78 is 5.26. The van der Waals surface area contributed by atoms with Crippen LogP contribution in [0.1, 0.15) is 29.5 Å². The normalized spacial score (nSPS) is 19.2. The first kappa shape index (κ1) is 17.9. The number of benzene rings is 2. The van der Waals surface area contributed by atoms with Gasteiger partial charge in [0.25, 0.3) is 5.91 Å². The number of carbonyl (C=O) groups is 2. The van der Waals surface area contributed by atoms with Crippen LogP contribution in [-0.4, -0.2) is 27.0 Å². The first-order valence-electron chi connectivity index (χ1n) is 8.98. The Morgan fingerprint density at radius 1 is 1.00 bits per heavy atom. The summed E-state index contributed by atoms with van der Waals surface area (Å²) in [4.78, 5) is 30.9. The SMILES string of the molecule is Cc1ccc(-c2noc(CN3C(=O)N[C@@](C)(c4ccc(C)cc4)C3=O)n2)cc1. The number of hydrogen-bond acceptors (Lipinski definition) is 5. The van der Waals surface area contributed by atoms with Crippen LogP contribution in [-0.2, 0) is 16.9 Å². The lowest BCUT2D eigenvalue weighted by molar-refractivity contribution is -0.131. The van der Waals surface area contributed by atoms with Gasteiger partial charge in [-0.25, -0.2) is 4.79 Å². The summed E-state index contributed by atoms with van der Waals surface area (Å²) in [6.07, 6.45) is 0. The molecule has 3 amide bonds. The second kappa shape index (κ2) is 6.60. The average molecular weight is 376 g/mol. The van der Waals surface area contributed by atoms with Gasteiger partial charge in [0.15, 0.2) is 0 Å². The summed E-state index contributed by atoms with van der Waals surface area (Å²) in [5.74, 6) is 0.270. The van der Waals surface area contributed by atoms with Gasteiger partial charge in [-0.05, 0) is 26.3 Å². The van der Waals surface area contributed by atoms with Gasteiger partial charge >= 0.3 is 6.03 Å². The van der Waals surface area contributed by atoms with Crippen LogP contribution in [0.3, 0.4) is 0 Å². The molecule has 1 atom stereocenters. The van der Waals surface area contributed by atoms with Crippen molar-refractivity contribution in [2.24, 2.45) is 0 Å². The molecule has 0 spiro atoms. The van der Waals surface area contributed by atoms with Crippen molar-refractivity contribution in [3.8, 4) is 11.4 Å². The van der Waals surface area contributed by atoms with E-state index in [-0.39, 0.29) is 18.3 Å². The van der Waals surface area contributed by atoms with E-state index in [4.69, 9.17) is 4.52 Å². The lowest BCUT2D eigenvalue weighted by atomic mass is 9.91. The molecule has 0 radical (unpaired) electrons. The number of carbonyl (C=O) groups excluding carboxylic acids is 2. The van der Waals surface area contributed by atoms with Gasteiger partial charge in [-0.15, -0.1) is 0 Å². The number of aryl methyl sites for hydroxylation is 2. The van der Waals surface area contributed by atoms with Gasteiger partial charge in [-0.1, -0.05) is 64.8 Å². The molecule has 1 aromatic heterocycles. The first-order valence-corrected chi connectivity index (χ1v) is 8.98. The van der Waals surface area contributed by atoms with Gasteiger partial charge in [0, 0.05) is 5.56 Å². The summed E-state index contributed by atoms with van der Waals surface area (Å²) in [7, 11) is 0. The van der Waals surface area contributed by atoms with Crippen molar-refractivity contribution in [2.75, 3.05) is 0 Å². The highest BCUT2D eigenvalue weighted by Gasteiger charge is 2.49. The fourth-order valence-corrected chi connectivity index (χ4v) is 3.20. The first-order chi connectivity index (χ1) is 13.4. The fraction of sp³-hybridized carbons (Fsp3) is 0.238. The van der Waals surface area contributed by atoms with E-state index >= 15 is 0 Å². The van der Waals surface area contributed by atoms with Crippen LogP contribution < -0.4 is 5.32 Å². The third-order valence-electron chi connectivity index (χ3n) is 4.98. The zero-order valence-electron chi connectivity index (χ0n) is 15.9. The van der Waals surface area contributed by atoms with Gasteiger partial charge in [0.05, 0.1) is 0 Å². The lowest BCUT2D eigenvalue weighted by Crippen LogP contribution is -2.40. The number of urea groups is 1. The zero-order chi connectivity index (χ0) is 19.9. The Labute approximate surface area is 162 Å². The van der Waals surface area contributed by atoms with E-state index in [1.165, 1.54) is 0 Å². The van der Waals surface area contributed by atoms with Crippen molar-refractivity contribution >= 4 is 11.9 Å². The second-order valence-electron chi connectivity index (χ2n) is 7.19. The van der Waals surface area contributed by atoms with Crippen LogP contribution in [0.2, 0.25) is 0 Å². The molecule has 3 aromatic rings.